The zero-order valence-electron chi connectivity index (χ0n) is 16.7. The van der Waals surface area contributed by atoms with Crippen LogP contribution in [0.3, 0.4) is 0 Å². The van der Waals surface area contributed by atoms with Crippen LogP contribution < -0.4 is 20.7 Å². The van der Waals surface area contributed by atoms with Crippen LogP contribution in [0.5, 0.6) is 5.75 Å². The summed E-state index contributed by atoms with van der Waals surface area (Å²) in [6, 6.07) is 17.9. The fraction of sp³-hybridized carbons (Fsp3) is 0.364. The largest absolute Gasteiger partial charge is 0.496 e. The molecule has 28 heavy (non-hydrogen) atoms. The van der Waals surface area contributed by atoms with E-state index in [0.29, 0.717) is 25.5 Å². The van der Waals surface area contributed by atoms with Crippen LogP contribution >= 0.6 is 0 Å². The molecule has 3 N–H and O–H groups in total. The number of aliphatic imine (C=N–C) groups is 1. The lowest BCUT2D eigenvalue weighted by atomic mass is 10.1. The number of nitrogens with zero attached hydrogens (tertiary/aromatic N) is 1. The average molecular weight is 383 g/mol. The second-order valence-electron chi connectivity index (χ2n) is 6.26. The first kappa shape index (κ1) is 21.3. The number of amides is 1. The summed E-state index contributed by atoms with van der Waals surface area (Å²) in [7, 11) is 1.68. The zero-order chi connectivity index (χ0) is 20.0. The molecule has 150 valence electrons. The average Bonchev–Trinajstić information content (AvgIpc) is 2.73. The van der Waals surface area contributed by atoms with E-state index >= 15 is 0 Å². The van der Waals surface area contributed by atoms with Crippen molar-refractivity contribution in [3.8, 4) is 5.75 Å². The van der Waals surface area contributed by atoms with Gasteiger partial charge in [-0.25, -0.2) is 0 Å². The molecule has 1 amide bonds. The van der Waals surface area contributed by atoms with E-state index in [1.165, 1.54) is 0 Å². The number of ether oxygens (including phenoxy) is 1. The first-order chi connectivity index (χ1) is 13.7. The quantitative estimate of drug-likeness (QED) is 0.436. The van der Waals surface area contributed by atoms with Crippen LogP contribution in [0.15, 0.2) is 59.6 Å². The molecule has 0 aliphatic heterocycles. The fourth-order valence-corrected chi connectivity index (χ4v) is 2.72. The van der Waals surface area contributed by atoms with Crippen molar-refractivity contribution >= 4 is 11.9 Å². The van der Waals surface area contributed by atoms with E-state index in [1.807, 2.05) is 55.5 Å². The maximum Gasteiger partial charge on any atom is 0.222 e. The molecule has 0 fully saturated rings. The van der Waals surface area contributed by atoms with Crippen molar-refractivity contribution in [2.24, 2.45) is 4.99 Å². The smallest absolute Gasteiger partial charge is 0.222 e. The molecule has 0 aliphatic rings. The van der Waals surface area contributed by atoms with E-state index in [0.717, 1.165) is 36.4 Å². The number of para-hydroxylation sites is 1. The summed E-state index contributed by atoms with van der Waals surface area (Å²) in [6.07, 6.45) is 1.18. The van der Waals surface area contributed by atoms with E-state index in [-0.39, 0.29) is 5.91 Å². The highest BCUT2D eigenvalue weighted by molar-refractivity contribution is 5.80. The Hall–Kier alpha value is -3.02. The molecule has 2 aromatic rings. The van der Waals surface area contributed by atoms with Crippen LogP contribution in [0, 0.1) is 0 Å². The van der Waals surface area contributed by atoms with E-state index in [4.69, 9.17) is 4.74 Å². The van der Waals surface area contributed by atoms with Gasteiger partial charge in [0.1, 0.15) is 5.75 Å². The summed E-state index contributed by atoms with van der Waals surface area (Å²) < 4.78 is 5.38. The molecule has 0 aliphatic carbocycles. The summed E-state index contributed by atoms with van der Waals surface area (Å²) in [5.74, 6) is 1.60. The molecule has 6 nitrogen and oxygen atoms in total. The Morgan fingerprint density at radius 1 is 1.00 bits per heavy atom. The van der Waals surface area contributed by atoms with Crippen LogP contribution in [0.4, 0.5) is 0 Å². The van der Waals surface area contributed by atoms with Gasteiger partial charge in [-0.2, -0.15) is 0 Å². The van der Waals surface area contributed by atoms with Gasteiger partial charge in [-0.1, -0.05) is 48.5 Å². The van der Waals surface area contributed by atoms with E-state index in [1.54, 1.807) is 7.11 Å². The Morgan fingerprint density at radius 3 is 2.50 bits per heavy atom. The molecule has 0 spiro atoms. The maximum absolute atomic E-state index is 12.0. The van der Waals surface area contributed by atoms with Crippen molar-refractivity contribution in [2.75, 3.05) is 26.7 Å². The highest BCUT2D eigenvalue weighted by atomic mass is 16.5. The van der Waals surface area contributed by atoms with Crippen LogP contribution in [0.2, 0.25) is 0 Å². The molecular formula is C22H30N4O2. The summed E-state index contributed by atoms with van der Waals surface area (Å²) in [4.78, 5) is 16.5. The van der Waals surface area contributed by atoms with Crippen LogP contribution in [-0.4, -0.2) is 38.6 Å². The van der Waals surface area contributed by atoms with Crippen molar-refractivity contribution < 1.29 is 9.53 Å². The van der Waals surface area contributed by atoms with Crippen molar-refractivity contribution in [2.45, 2.75) is 26.3 Å². The second-order valence-corrected chi connectivity index (χ2v) is 6.26. The molecule has 0 unspecified atom stereocenters. The van der Waals surface area contributed by atoms with E-state index in [2.05, 4.69) is 27.0 Å². The van der Waals surface area contributed by atoms with Crippen molar-refractivity contribution in [3.63, 3.8) is 0 Å². The number of guanidine groups is 1. The lowest BCUT2D eigenvalue weighted by Crippen LogP contribution is -2.38. The molecule has 0 aromatic heterocycles. The van der Waals surface area contributed by atoms with Gasteiger partial charge in [-0.3, -0.25) is 9.79 Å². The third kappa shape index (κ3) is 7.70. The zero-order valence-corrected chi connectivity index (χ0v) is 16.7. The molecule has 0 saturated carbocycles. The van der Waals surface area contributed by atoms with Crippen molar-refractivity contribution in [1.29, 1.82) is 0 Å². The normalized spacial score (nSPS) is 11.0. The number of carbonyl (C=O) groups is 1. The molecule has 0 radical (unpaired) electrons. The molecule has 0 atom stereocenters. The molecule has 2 rings (SSSR count). The number of carbonyl (C=O) groups excluding carboxylic acids is 1. The first-order valence-electron chi connectivity index (χ1n) is 9.67. The Balaban J connectivity index is 1.74. The summed E-state index contributed by atoms with van der Waals surface area (Å²) in [6.45, 7) is 4.49. The minimum Gasteiger partial charge on any atom is -0.496 e. The number of methoxy groups -OCH3 is 1. The lowest BCUT2D eigenvalue weighted by Gasteiger charge is -2.12. The van der Waals surface area contributed by atoms with Gasteiger partial charge < -0.3 is 20.7 Å². The summed E-state index contributed by atoms with van der Waals surface area (Å²) in [5.41, 5.74) is 2.24. The van der Waals surface area contributed by atoms with Gasteiger partial charge in [-0.15, -0.1) is 0 Å². The lowest BCUT2D eigenvalue weighted by molar-refractivity contribution is -0.121. The summed E-state index contributed by atoms with van der Waals surface area (Å²) >= 11 is 0. The van der Waals surface area contributed by atoms with Crippen molar-refractivity contribution in [1.82, 2.24) is 16.0 Å². The Morgan fingerprint density at radius 2 is 1.75 bits per heavy atom. The first-order valence-corrected chi connectivity index (χ1v) is 9.67. The molecular weight excluding hydrogens is 352 g/mol. The maximum atomic E-state index is 12.0. The highest BCUT2D eigenvalue weighted by Gasteiger charge is 2.04. The van der Waals surface area contributed by atoms with E-state index < -0.39 is 0 Å². The third-order valence-corrected chi connectivity index (χ3v) is 4.16. The number of rotatable bonds is 10. The predicted octanol–water partition coefficient (Wildman–Crippen LogP) is 2.50. The Kier molecular flexibility index (Phi) is 9.41. The van der Waals surface area contributed by atoms with Gasteiger partial charge in [0, 0.05) is 26.1 Å². The second kappa shape index (κ2) is 12.4. The van der Waals surface area contributed by atoms with Gasteiger partial charge in [0.25, 0.3) is 0 Å². The van der Waals surface area contributed by atoms with Crippen LogP contribution in [0.1, 0.15) is 24.5 Å². The van der Waals surface area contributed by atoms with Gasteiger partial charge in [0.15, 0.2) is 5.96 Å². The topological polar surface area (TPSA) is 74.8 Å². The van der Waals surface area contributed by atoms with Crippen LogP contribution in [0.25, 0.3) is 0 Å². The Bertz CT molecular complexity index is 747. The molecule has 0 heterocycles. The monoisotopic (exact) mass is 382 g/mol. The van der Waals surface area contributed by atoms with Gasteiger partial charge in [0.2, 0.25) is 5.91 Å². The predicted molar refractivity (Wildman–Crippen MR) is 114 cm³/mol. The highest BCUT2D eigenvalue weighted by Crippen LogP contribution is 2.17. The number of hydrogen-bond donors (Lipinski definition) is 3. The molecule has 2 aromatic carbocycles. The molecule has 6 heteroatoms. The third-order valence-electron chi connectivity index (χ3n) is 4.16. The van der Waals surface area contributed by atoms with Gasteiger partial charge in [-0.05, 0) is 30.5 Å². The van der Waals surface area contributed by atoms with Gasteiger partial charge >= 0.3 is 0 Å². The molecule has 0 bridgehead atoms. The van der Waals surface area contributed by atoms with Gasteiger partial charge in [0.05, 0.1) is 13.7 Å². The Labute approximate surface area is 167 Å². The SMILES string of the molecule is CCNC(=NCCC(=O)NCc1ccccc1)NCCc1ccccc1OC. The summed E-state index contributed by atoms with van der Waals surface area (Å²) in [5, 5.41) is 9.43. The minimum absolute atomic E-state index is 0.00234. The number of benzene rings is 2. The van der Waals surface area contributed by atoms with Crippen LogP contribution in [-0.2, 0) is 17.8 Å². The van der Waals surface area contributed by atoms with Crippen molar-refractivity contribution in [3.05, 3.63) is 65.7 Å². The standard InChI is InChI=1S/C22H30N4O2/c1-3-23-22(24-15-13-19-11-7-8-12-20(19)28-2)25-16-14-21(27)26-17-18-9-5-4-6-10-18/h4-12H,3,13-17H2,1-2H3,(H,26,27)(H2,23,24,25). The molecule has 0 saturated heterocycles. The fourth-order valence-electron chi connectivity index (χ4n) is 2.72. The number of hydrogen-bond acceptors (Lipinski definition) is 3. The van der Waals surface area contributed by atoms with E-state index in [9.17, 15) is 4.79 Å². The number of nitrogens with one attached hydrogen (secondary N) is 3. The minimum atomic E-state index is -0.00234.